The van der Waals surface area contributed by atoms with Crippen molar-refractivity contribution in [1.29, 1.82) is 0 Å². The lowest BCUT2D eigenvalue weighted by molar-refractivity contribution is 0.0697. The van der Waals surface area contributed by atoms with Crippen molar-refractivity contribution >= 4 is 27.6 Å². The van der Waals surface area contributed by atoms with Crippen LogP contribution < -0.4 is 4.72 Å². The minimum absolute atomic E-state index is 0.237. The second-order valence-electron chi connectivity index (χ2n) is 4.78. The summed E-state index contributed by atoms with van der Waals surface area (Å²) in [6.45, 7) is 5.04. The highest BCUT2D eigenvalue weighted by Gasteiger charge is 2.26. The van der Waals surface area contributed by atoms with Crippen molar-refractivity contribution in [2.24, 2.45) is 0 Å². The summed E-state index contributed by atoms with van der Waals surface area (Å²) in [6.07, 6.45) is 0. The topological polar surface area (TPSA) is 83.5 Å². The Balaban J connectivity index is 3.35. The van der Waals surface area contributed by atoms with Gasteiger partial charge in [-0.2, -0.15) is 0 Å². The Morgan fingerprint density at radius 3 is 2.33 bits per heavy atom. The molecule has 1 aromatic rings. The number of halogens is 1. The van der Waals surface area contributed by atoms with Crippen LogP contribution in [0.25, 0.3) is 0 Å². The van der Waals surface area contributed by atoms with E-state index < -0.39 is 21.5 Å². The summed E-state index contributed by atoms with van der Waals surface area (Å²) in [5.41, 5.74) is -0.921. The fraction of sp³-hybridized carbons (Fsp3) is 0.364. The van der Waals surface area contributed by atoms with Gasteiger partial charge < -0.3 is 5.11 Å². The van der Waals surface area contributed by atoms with Gasteiger partial charge in [0.05, 0.1) is 10.6 Å². The summed E-state index contributed by atoms with van der Waals surface area (Å²) in [5.74, 6) is -1.27. The van der Waals surface area contributed by atoms with Gasteiger partial charge in [-0.1, -0.05) is 17.7 Å². The molecule has 0 spiro atoms. The number of rotatable bonds is 3. The molecule has 0 amide bonds. The molecule has 0 bridgehead atoms. The van der Waals surface area contributed by atoms with Gasteiger partial charge in [0.25, 0.3) is 0 Å². The summed E-state index contributed by atoms with van der Waals surface area (Å²) in [6, 6.07) is 3.86. The summed E-state index contributed by atoms with van der Waals surface area (Å²) >= 11 is 5.82. The van der Waals surface area contributed by atoms with Crippen molar-refractivity contribution in [3.8, 4) is 0 Å². The highest BCUT2D eigenvalue weighted by Crippen LogP contribution is 2.26. The van der Waals surface area contributed by atoms with Crippen molar-refractivity contribution in [1.82, 2.24) is 4.72 Å². The van der Waals surface area contributed by atoms with Crippen LogP contribution >= 0.6 is 11.6 Å². The molecule has 0 aliphatic rings. The third-order valence-electron chi connectivity index (χ3n) is 1.92. The predicted molar refractivity (Wildman–Crippen MR) is 68.5 cm³/mol. The lowest BCUT2D eigenvalue weighted by Crippen LogP contribution is -2.40. The van der Waals surface area contributed by atoms with Crippen molar-refractivity contribution in [2.75, 3.05) is 0 Å². The zero-order valence-electron chi connectivity index (χ0n) is 10.2. The maximum Gasteiger partial charge on any atom is 0.337 e. The summed E-state index contributed by atoms with van der Waals surface area (Å²) in [5, 5.41) is 8.60. The number of carboxylic acid groups (broad SMARTS) is 1. The van der Waals surface area contributed by atoms with Gasteiger partial charge in [-0.25, -0.2) is 17.9 Å². The molecular weight excluding hydrogens is 278 g/mol. The van der Waals surface area contributed by atoms with E-state index in [0.717, 1.165) is 0 Å². The third kappa shape index (κ3) is 3.44. The van der Waals surface area contributed by atoms with E-state index >= 15 is 0 Å². The monoisotopic (exact) mass is 291 g/mol. The first-order valence-corrected chi connectivity index (χ1v) is 6.96. The van der Waals surface area contributed by atoms with Crippen molar-refractivity contribution < 1.29 is 18.3 Å². The quantitative estimate of drug-likeness (QED) is 0.893. The van der Waals surface area contributed by atoms with E-state index in [4.69, 9.17) is 16.7 Å². The lowest BCUT2D eigenvalue weighted by atomic mass is 10.1. The van der Waals surface area contributed by atoms with E-state index in [0.29, 0.717) is 0 Å². The molecule has 1 rings (SSSR count). The molecule has 0 aromatic heterocycles. The average molecular weight is 292 g/mol. The predicted octanol–water partition coefficient (Wildman–Crippen LogP) is 2.11. The van der Waals surface area contributed by atoms with Crippen LogP contribution in [-0.2, 0) is 10.0 Å². The fourth-order valence-corrected chi connectivity index (χ4v) is 3.37. The largest absolute Gasteiger partial charge is 0.478 e. The maximum absolute atomic E-state index is 12.1. The molecule has 0 unspecified atom stereocenters. The molecule has 18 heavy (non-hydrogen) atoms. The van der Waals surface area contributed by atoms with Crippen LogP contribution in [0.2, 0.25) is 5.02 Å². The standard InChI is InChI=1S/C11H14ClNO4S/c1-11(2,3)13-18(16,17)8-6-4-5-7(9(8)12)10(14)15/h4-6,13H,1-3H3,(H,14,15). The normalized spacial score (nSPS) is 12.4. The highest BCUT2D eigenvalue weighted by molar-refractivity contribution is 7.89. The highest BCUT2D eigenvalue weighted by atomic mass is 35.5. The van der Waals surface area contributed by atoms with Crippen LogP contribution in [0.4, 0.5) is 0 Å². The molecule has 0 saturated carbocycles. The molecule has 7 heteroatoms. The van der Waals surface area contributed by atoms with Gasteiger partial charge in [0, 0.05) is 5.54 Å². The summed E-state index contributed by atoms with van der Waals surface area (Å²) < 4.78 is 26.5. The lowest BCUT2D eigenvalue weighted by Gasteiger charge is -2.21. The van der Waals surface area contributed by atoms with Gasteiger partial charge in [0.2, 0.25) is 10.0 Å². The average Bonchev–Trinajstić information content (AvgIpc) is 2.13. The number of aromatic carboxylic acids is 1. The Morgan fingerprint density at radius 1 is 1.33 bits per heavy atom. The van der Waals surface area contributed by atoms with Gasteiger partial charge in [0.1, 0.15) is 4.90 Å². The van der Waals surface area contributed by atoms with E-state index in [1.54, 1.807) is 20.8 Å². The number of carbonyl (C=O) groups is 1. The zero-order valence-corrected chi connectivity index (χ0v) is 11.8. The fourth-order valence-electron chi connectivity index (χ4n) is 1.34. The molecule has 0 aliphatic heterocycles. The van der Waals surface area contributed by atoms with E-state index in [1.807, 2.05) is 0 Å². The second-order valence-corrected chi connectivity index (χ2v) is 6.81. The Hall–Kier alpha value is -1.11. The molecule has 1 aromatic carbocycles. The minimum atomic E-state index is -3.85. The summed E-state index contributed by atoms with van der Waals surface area (Å²) in [4.78, 5) is 10.6. The van der Waals surface area contributed by atoms with Gasteiger partial charge >= 0.3 is 5.97 Å². The SMILES string of the molecule is CC(C)(C)NS(=O)(=O)c1cccc(C(=O)O)c1Cl. The van der Waals surface area contributed by atoms with Crippen LogP contribution in [0.15, 0.2) is 23.1 Å². The van der Waals surface area contributed by atoms with Crippen LogP contribution in [0, 0.1) is 0 Å². The smallest absolute Gasteiger partial charge is 0.337 e. The Labute approximate surface area is 111 Å². The molecule has 5 nitrogen and oxygen atoms in total. The maximum atomic E-state index is 12.1. The molecule has 100 valence electrons. The third-order valence-corrected chi connectivity index (χ3v) is 4.24. The van der Waals surface area contributed by atoms with Crippen molar-refractivity contribution in [3.05, 3.63) is 28.8 Å². The number of hydrogen-bond donors (Lipinski definition) is 2. The Morgan fingerprint density at radius 2 is 1.89 bits per heavy atom. The Bertz CT molecular complexity index is 575. The second kappa shape index (κ2) is 4.87. The first-order valence-electron chi connectivity index (χ1n) is 5.10. The van der Waals surface area contributed by atoms with Gasteiger partial charge in [-0.3, -0.25) is 0 Å². The number of nitrogens with one attached hydrogen (secondary N) is 1. The Kier molecular flexibility index (Phi) is 4.05. The number of sulfonamides is 1. The van der Waals surface area contributed by atoms with Crippen LogP contribution in [0.1, 0.15) is 31.1 Å². The van der Waals surface area contributed by atoms with E-state index in [2.05, 4.69) is 4.72 Å². The number of hydrogen-bond acceptors (Lipinski definition) is 3. The molecular formula is C11H14ClNO4S. The van der Waals surface area contributed by atoms with Gasteiger partial charge in [-0.05, 0) is 32.9 Å². The molecule has 2 N–H and O–H groups in total. The summed E-state index contributed by atoms with van der Waals surface area (Å²) in [7, 11) is -3.85. The minimum Gasteiger partial charge on any atom is -0.478 e. The molecule has 0 atom stereocenters. The first kappa shape index (κ1) is 14.9. The molecule has 0 radical (unpaired) electrons. The van der Waals surface area contributed by atoms with E-state index in [9.17, 15) is 13.2 Å². The van der Waals surface area contributed by atoms with E-state index in [1.165, 1.54) is 18.2 Å². The van der Waals surface area contributed by atoms with Crippen LogP contribution in [0.5, 0.6) is 0 Å². The first-order chi connectivity index (χ1) is 8.04. The zero-order chi connectivity index (χ0) is 14.1. The molecule has 0 saturated heterocycles. The van der Waals surface area contributed by atoms with E-state index in [-0.39, 0.29) is 15.5 Å². The van der Waals surface area contributed by atoms with Crippen LogP contribution in [-0.4, -0.2) is 25.0 Å². The number of carboxylic acids is 1. The van der Waals surface area contributed by atoms with Gasteiger partial charge in [0.15, 0.2) is 0 Å². The van der Waals surface area contributed by atoms with Crippen LogP contribution in [0.3, 0.4) is 0 Å². The molecule has 0 aliphatic carbocycles. The van der Waals surface area contributed by atoms with Gasteiger partial charge in [-0.15, -0.1) is 0 Å². The van der Waals surface area contributed by atoms with Crippen molar-refractivity contribution in [3.63, 3.8) is 0 Å². The molecule has 0 fully saturated rings. The van der Waals surface area contributed by atoms with Crippen molar-refractivity contribution in [2.45, 2.75) is 31.2 Å². The molecule has 0 heterocycles. The number of benzene rings is 1.